The molecule has 3 rings (SSSR count). The fourth-order valence-corrected chi connectivity index (χ4v) is 3.35. The molecule has 0 fully saturated rings. The molecular formula is C21H20O3S. The number of hydrogen-bond donors (Lipinski definition) is 0. The van der Waals surface area contributed by atoms with E-state index >= 15 is 0 Å². The highest BCUT2D eigenvalue weighted by atomic mass is 32.2. The molecule has 0 heterocycles. The van der Waals surface area contributed by atoms with Crippen molar-refractivity contribution in [3.05, 3.63) is 95.6 Å². The van der Waals surface area contributed by atoms with Crippen molar-refractivity contribution in [2.24, 2.45) is 0 Å². The maximum atomic E-state index is 11.6. The lowest BCUT2D eigenvalue weighted by molar-refractivity contribution is 0.246. The second kappa shape index (κ2) is 7.11. The van der Waals surface area contributed by atoms with Crippen LogP contribution in [0.3, 0.4) is 0 Å². The van der Waals surface area contributed by atoms with Crippen LogP contribution in [0.15, 0.2) is 83.8 Å². The van der Waals surface area contributed by atoms with Crippen molar-refractivity contribution in [2.75, 3.05) is 6.26 Å². The molecule has 3 aromatic rings. The number of aryl methyl sites for hydroxylation is 1. The molecule has 0 N–H and O–H groups in total. The van der Waals surface area contributed by atoms with Gasteiger partial charge in [0.1, 0.15) is 11.9 Å². The van der Waals surface area contributed by atoms with Gasteiger partial charge < -0.3 is 4.74 Å². The zero-order valence-corrected chi connectivity index (χ0v) is 15.0. The summed E-state index contributed by atoms with van der Waals surface area (Å²) in [6, 6.07) is 24.6. The number of benzene rings is 3. The van der Waals surface area contributed by atoms with Gasteiger partial charge in [-0.1, -0.05) is 54.6 Å². The van der Waals surface area contributed by atoms with E-state index in [1.54, 1.807) is 24.3 Å². The second-order valence-corrected chi connectivity index (χ2v) is 8.02. The van der Waals surface area contributed by atoms with Gasteiger partial charge in [-0.15, -0.1) is 0 Å². The van der Waals surface area contributed by atoms with Crippen molar-refractivity contribution in [3.8, 4) is 5.75 Å². The Kier molecular flexibility index (Phi) is 4.91. The van der Waals surface area contributed by atoms with Crippen molar-refractivity contribution in [1.29, 1.82) is 0 Å². The predicted octanol–water partition coefficient (Wildman–Crippen LogP) is 4.57. The van der Waals surface area contributed by atoms with Gasteiger partial charge in [-0.3, -0.25) is 0 Å². The average molecular weight is 352 g/mol. The molecule has 1 unspecified atom stereocenters. The highest BCUT2D eigenvalue weighted by Gasteiger charge is 2.18. The number of sulfone groups is 1. The second-order valence-electron chi connectivity index (χ2n) is 6.01. The lowest BCUT2D eigenvalue weighted by Gasteiger charge is -2.22. The summed E-state index contributed by atoms with van der Waals surface area (Å²) < 4.78 is 29.5. The van der Waals surface area contributed by atoms with E-state index in [1.165, 1.54) is 6.26 Å². The largest absolute Gasteiger partial charge is 0.481 e. The summed E-state index contributed by atoms with van der Waals surface area (Å²) in [5.41, 5.74) is 3.27. The van der Waals surface area contributed by atoms with E-state index in [9.17, 15) is 8.42 Å². The molecule has 4 heteroatoms. The van der Waals surface area contributed by atoms with Gasteiger partial charge in [0.15, 0.2) is 9.84 Å². The van der Waals surface area contributed by atoms with Crippen LogP contribution in [0.25, 0.3) is 0 Å². The SMILES string of the molecule is Cc1ccccc1C(Oc1ccc(S(C)(=O)=O)cc1)c1ccccc1. The van der Waals surface area contributed by atoms with Crippen LogP contribution in [0.1, 0.15) is 22.8 Å². The summed E-state index contributed by atoms with van der Waals surface area (Å²) in [6.07, 6.45) is 0.940. The van der Waals surface area contributed by atoms with E-state index in [2.05, 4.69) is 19.1 Å². The lowest BCUT2D eigenvalue weighted by Crippen LogP contribution is -2.11. The quantitative estimate of drug-likeness (QED) is 0.676. The van der Waals surface area contributed by atoms with Crippen LogP contribution in [0.2, 0.25) is 0 Å². The number of rotatable bonds is 5. The highest BCUT2D eigenvalue weighted by Crippen LogP contribution is 2.30. The van der Waals surface area contributed by atoms with E-state index in [-0.39, 0.29) is 11.0 Å². The van der Waals surface area contributed by atoms with Gasteiger partial charge in [-0.25, -0.2) is 8.42 Å². The van der Waals surface area contributed by atoms with Crippen LogP contribution in [-0.2, 0) is 9.84 Å². The minimum absolute atomic E-state index is 0.258. The van der Waals surface area contributed by atoms with E-state index in [0.29, 0.717) is 5.75 Å². The van der Waals surface area contributed by atoms with Crippen molar-refractivity contribution in [1.82, 2.24) is 0 Å². The molecule has 0 aliphatic rings. The molecule has 0 radical (unpaired) electrons. The van der Waals surface area contributed by atoms with Gasteiger partial charge >= 0.3 is 0 Å². The number of hydrogen-bond acceptors (Lipinski definition) is 3. The van der Waals surface area contributed by atoms with Gasteiger partial charge in [0.25, 0.3) is 0 Å². The average Bonchev–Trinajstić information content (AvgIpc) is 2.61. The van der Waals surface area contributed by atoms with E-state index in [1.807, 2.05) is 42.5 Å². The van der Waals surface area contributed by atoms with Gasteiger partial charge in [0.2, 0.25) is 0 Å². The van der Waals surface area contributed by atoms with Crippen LogP contribution >= 0.6 is 0 Å². The zero-order chi connectivity index (χ0) is 17.9. The summed E-state index contributed by atoms with van der Waals surface area (Å²) in [6.45, 7) is 2.06. The Morgan fingerprint density at radius 3 is 2.00 bits per heavy atom. The first-order chi connectivity index (χ1) is 11.9. The predicted molar refractivity (Wildman–Crippen MR) is 99.6 cm³/mol. The molecule has 128 valence electrons. The van der Waals surface area contributed by atoms with E-state index in [4.69, 9.17) is 4.74 Å². The molecule has 3 nitrogen and oxygen atoms in total. The summed E-state index contributed by atoms with van der Waals surface area (Å²) in [5, 5.41) is 0. The third-order valence-corrected chi connectivity index (χ3v) is 5.21. The first-order valence-corrected chi connectivity index (χ1v) is 9.91. The monoisotopic (exact) mass is 352 g/mol. The molecule has 25 heavy (non-hydrogen) atoms. The maximum absolute atomic E-state index is 11.6. The maximum Gasteiger partial charge on any atom is 0.175 e. The third kappa shape index (κ3) is 4.09. The molecule has 0 aliphatic carbocycles. The molecule has 0 bridgehead atoms. The van der Waals surface area contributed by atoms with E-state index in [0.717, 1.165) is 16.7 Å². The Morgan fingerprint density at radius 1 is 0.800 bits per heavy atom. The topological polar surface area (TPSA) is 43.4 Å². The normalized spacial score (nSPS) is 12.6. The lowest BCUT2D eigenvalue weighted by atomic mass is 9.97. The summed E-state index contributed by atoms with van der Waals surface area (Å²) in [7, 11) is -3.21. The molecule has 0 aliphatic heterocycles. The zero-order valence-electron chi connectivity index (χ0n) is 14.2. The summed E-state index contributed by atoms with van der Waals surface area (Å²) in [5.74, 6) is 0.629. The number of ether oxygens (including phenoxy) is 1. The standard InChI is InChI=1S/C21H20O3S/c1-16-8-6-7-11-20(16)21(17-9-4-3-5-10-17)24-18-12-14-19(15-13-18)25(2,22)23/h3-15,21H,1-2H3. The third-order valence-electron chi connectivity index (χ3n) is 4.08. The molecule has 0 aromatic heterocycles. The summed E-state index contributed by atoms with van der Waals surface area (Å²) >= 11 is 0. The van der Waals surface area contributed by atoms with Crippen LogP contribution in [-0.4, -0.2) is 14.7 Å². The van der Waals surface area contributed by atoms with Gasteiger partial charge in [-0.05, 0) is 47.9 Å². The van der Waals surface area contributed by atoms with Crippen LogP contribution in [0, 0.1) is 6.92 Å². The summed E-state index contributed by atoms with van der Waals surface area (Å²) in [4.78, 5) is 0.284. The van der Waals surface area contributed by atoms with Crippen molar-refractivity contribution < 1.29 is 13.2 Å². The molecule has 0 saturated heterocycles. The van der Waals surface area contributed by atoms with Crippen LogP contribution in [0.4, 0.5) is 0 Å². The molecule has 0 spiro atoms. The Bertz CT molecular complexity index is 946. The molecule has 3 aromatic carbocycles. The fourth-order valence-electron chi connectivity index (χ4n) is 2.72. The molecule has 1 atom stereocenters. The minimum atomic E-state index is -3.21. The fraction of sp³-hybridized carbons (Fsp3) is 0.143. The smallest absolute Gasteiger partial charge is 0.175 e. The minimum Gasteiger partial charge on any atom is -0.481 e. The first-order valence-electron chi connectivity index (χ1n) is 8.02. The van der Waals surface area contributed by atoms with Crippen LogP contribution in [0.5, 0.6) is 5.75 Å². The Balaban J connectivity index is 1.98. The van der Waals surface area contributed by atoms with E-state index < -0.39 is 9.84 Å². The molecule has 0 saturated carbocycles. The molecule has 0 amide bonds. The van der Waals surface area contributed by atoms with Crippen molar-refractivity contribution in [3.63, 3.8) is 0 Å². The Morgan fingerprint density at radius 2 is 1.40 bits per heavy atom. The van der Waals surface area contributed by atoms with Gasteiger partial charge in [0.05, 0.1) is 4.90 Å². The molecular weight excluding hydrogens is 332 g/mol. The first kappa shape index (κ1) is 17.2. The van der Waals surface area contributed by atoms with Crippen molar-refractivity contribution in [2.45, 2.75) is 17.9 Å². The Labute approximate surface area is 148 Å². The highest BCUT2D eigenvalue weighted by molar-refractivity contribution is 7.90. The van der Waals surface area contributed by atoms with Crippen molar-refractivity contribution >= 4 is 9.84 Å². The van der Waals surface area contributed by atoms with Gasteiger partial charge in [0, 0.05) is 6.26 Å². The van der Waals surface area contributed by atoms with Gasteiger partial charge in [-0.2, -0.15) is 0 Å². The Hall–Kier alpha value is -2.59. The van der Waals surface area contributed by atoms with Crippen LogP contribution < -0.4 is 4.74 Å².